The first-order valence-corrected chi connectivity index (χ1v) is 10.3. The molecule has 1 aromatic heterocycles. The van der Waals surface area contributed by atoms with Crippen molar-refractivity contribution in [2.24, 2.45) is 5.92 Å². The molecule has 0 spiro atoms. The number of hydrogen-bond donors (Lipinski definition) is 3. The van der Waals surface area contributed by atoms with E-state index in [0.717, 1.165) is 24.0 Å². The number of carbonyl (C=O) groups excluding carboxylic acids is 2. The Morgan fingerprint density at radius 1 is 1.13 bits per heavy atom. The molecule has 0 aliphatic heterocycles. The van der Waals surface area contributed by atoms with E-state index >= 15 is 0 Å². The van der Waals surface area contributed by atoms with E-state index < -0.39 is 0 Å². The van der Waals surface area contributed by atoms with E-state index in [-0.39, 0.29) is 24.2 Å². The second kappa shape index (κ2) is 8.62. The smallest absolute Gasteiger partial charge is 0.227 e. The van der Waals surface area contributed by atoms with Crippen LogP contribution in [0, 0.1) is 17.6 Å². The van der Waals surface area contributed by atoms with E-state index in [4.69, 9.17) is 12.2 Å². The van der Waals surface area contributed by atoms with E-state index in [9.17, 15) is 9.59 Å². The van der Waals surface area contributed by atoms with Crippen molar-refractivity contribution < 1.29 is 9.59 Å². The first kappa shape index (κ1) is 20.0. The Kier molecular flexibility index (Phi) is 5.76. The number of aromatic amines is 1. The fourth-order valence-corrected chi connectivity index (χ4v) is 3.45. The van der Waals surface area contributed by atoms with Crippen molar-refractivity contribution >= 4 is 35.4 Å². The quantitative estimate of drug-likeness (QED) is 0.496. The highest BCUT2D eigenvalue weighted by Crippen LogP contribution is 2.30. The molecule has 0 bridgehead atoms. The number of aromatic nitrogens is 3. The Labute approximate surface area is 179 Å². The second-order valence-electron chi connectivity index (χ2n) is 7.52. The molecule has 2 amide bonds. The van der Waals surface area contributed by atoms with Gasteiger partial charge in [-0.1, -0.05) is 29.8 Å². The molecule has 8 heteroatoms. The average Bonchev–Trinajstić information content (AvgIpc) is 3.50. The number of anilines is 2. The molecule has 0 unspecified atom stereocenters. The number of rotatable bonds is 7. The van der Waals surface area contributed by atoms with E-state index in [2.05, 4.69) is 20.8 Å². The number of benzene rings is 2. The van der Waals surface area contributed by atoms with Crippen molar-refractivity contribution in [3.63, 3.8) is 0 Å². The molecule has 1 heterocycles. The molecule has 0 atom stereocenters. The van der Waals surface area contributed by atoms with Crippen LogP contribution in [-0.2, 0) is 16.1 Å². The zero-order valence-electron chi connectivity index (χ0n) is 16.6. The van der Waals surface area contributed by atoms with Gasteiger partial charge < -0.3 is 10.6 Å². The Balaban J connectivity index is 1.39. The van der Waals surface area contributed by atoms with Crippen molar-refractivity contribution in [3.8, 4) is 11.4 Å². The van der Waals surface area contributed by atoms with Gasteiger partial charge in [-0.2, -0.15) is 5.10 Å². The van der Waals surface area contributed by atoms with E-state index in [1.165, 1.54) is 0 Å². The van der Waals surface area contributed by atoms with Crippen LogP contribution in [0.15, 0.2) is 48.5 Å². The van der Waals surface area contributed by atoms with Crippen LogP contribution in [-0.4, -0.2) is 26.6 Å². The summed E-state index contributed by atoms with van der Waals surface area (Å²) in [6, 6.07) is 15.2. The lowest BCUT2D eigenvalue weighted by atomic mass is 10.1. The number of carbonyl (C=O) groups is 2. The predicted octanol–water partition coefficient (Wildman–Crippen LogP) is 4.29. The van der Waals surface area contributed by atoms with Crippen LogP contribution in [0.2, 0.25) is 0 Å². The monoisotopic (exact) mass is 421 g/mol. The minimum Gasteiger partial charge on any atom is -0.326 e. The normalized spacial score (nSPS) is 13.1. The molecule has 154 valence electrons. The van der Waals surface area contributed by atoms with Crippen LogP contribution in [0.3, 0.4) is 0 Å². The second-order valence-corrected chi connectivity index (χ2v) is 7.90. The lowest BCUT2D eigenvalue weighted by Crippen LogP contribution is -2.16. The van der Waals surface area contributed by atoms with Gasteiger partial charge in [-0.25, -0.2) is 0 Å². The Bertz CT molecular complexity index is 1150. The topological polar surface area (TPSA) is 91.8 Å². The van der Waals surface area contributed by atoms with Gasteiger partial charge in [-0.05, 0) is 56.2 Å². The molecule has 30 heavy (non-hydrogen) atoms. The summed E-state index contributed by atoms with van der Waals surface area (Å²) in [7, 11) is 0. The summed E-state index contributed by atoms with van der Waals surface area (Å²) >= 11 is 5.34. The van der Waals surface area contributed by atoms with Crippen LogP contribution in [0.4, 0.5) is 11.4 Å². The van der Waals surface area contributed by atoms with Gasteiger partial charge in [-0.15, -0.1) is 0 Å². The van der Waals surface area contributed by atoms with Crippen molar-refractivity contribution in [2.75, 3.05) is 10.6 Å². The first-order chi connectivity index (χ1) is 14.5. The van der Waals surface area contributed by atoms with Gasteiger partial charge in [0.05, 0.1) is 0 Å². The standard InChI is InChI=1S/C22H23N5O2S/c1-14-4-2-5-16(12-14)20-25-26-22(30)27(20)11-10-19(28)23-17-6-3-7-18(13-17)24-21(29)15-8-9-15/h2-7,12-13,15H,8-11H2,1H3,(H,23,28)(H,24,29)(H,26,30). The summed E-state index contributed by atoms with van der Waals surface area (Å²) in [4.78, 5) is 24.4. The molecule has 0 radical (unpaired) electrons. The molecule has 3 N–H and O–H groups in total. The van der Waals surface area contributed by atoms with Gasteiger partial charge in [-0.3, -0.25) is 19.3 Å². The summed E-state index contributed by atoms with van der Waals surface area (Å²) in [6.07, 6.45) is 2.14. The molecular weight excluding hydrogens is 398 g/mol. The van der Waals surface area contributed by atoms with Crippen molar-refractivity contribution in [1.82, 2.24) is 14.8 Å². The van der Waals surface area contributed by atoms with Gasteiger partial charge in [0.2, 0.25) is 11.8 Å². The highest BCUT2D eigenvalue weighted by molar-refractivity contribution is 7.71. The number of aryl methyl sites for hydroxylation is 1. The summed E-state index contributed by atoms with van der Waals surface area (Å²) in [5, 5.41) is 12.9. The lowest BCUT2D eigenvalue weighted by molar-refractivity contribution is -0.117. The van der Waals surface area contributed by atoms with Gasteiger partial charge in [0.15, 0.2) is 10.6 Å². The summed E-state index contributed by atoms with van der Waals surface area (Å²) < 4.78 is 2.31. The van der Waals surface area contributed by atoms with Crippen molar-refractivity contribution in [1.29, 1.82) is 0 Å². The summed E-state index contributed by atoms with van der Waals surface area (Å²) in [5.41, 5.74) is 3.40. The third-order valence-corrected chi connectivity index (χ3v) is 5.27. The van der Waals surface area contributed by atoms with Crippen molar-refractivity contribution in [2.45, 2.75) is 32.7 Å². The number of nitrogens with zero attached hydrogens (tertiary/aromatic N) is 2. The minimum absolute atomic E-state index is 0.0384. The van der Waals surface area contributed by atoms with Crippen LogP contribution < -0.4 is 10.6 Å². The van der Waals surface area contributed by atoms with Crippen LogP contribution >= 0.6 is 12.2 Å². The van der Waals surface area contributed by atoms with E-state index in [0.29, 0.717) is 28.5 Å². The van der Waals surface area contributed by atoms with Crippen molar-refractivity contribution in [3.05, 3.63) is 58.9 Å². The molecule has 0 saturated heterocycles. The first-order valence-electron chi connectivity index (χ1n) is 9.92. The summed E-state index contributed by atoms with van der Waals surface area (Å²) in [5.74, 6) is 0.738. The molecule has 1 aliphatic carbocycles. The molecule has 1 aliphatic rings. The van der Waals surface area contributed by atoms with Gasteiger partial charge in [0.1, 0.15) is 0 Å². The zero-order valence-corrected chi connectivity index (χ0v) is 17.5. The molecular formula is C22H23N5O2S. The Morgan fingerprint density at radius 3 is 2.60 bits per heavy atom. The molecule has 4 rings (SSSR count). The fourth-order valence-electron chi connectivity index (χ4n) is 3.23. The molecule has 2 aromatic carbocycles. The average molecular weight is 422 g/mol. The van der Waals surface area contributed by atoms with Gasteiger partial charge >= 0.3 is 0 Å². The summed E-state index contributed by atoms with van der Waals surface area (Å²) in [6.45, 7) is 2.42. The number of nitrogens with one attached hydrogen (secondary N) is 3. The fraction of sp³-hybridized carbons (Fsp3) is 0.273. The third kappa shape index (κ3) is 4.83. The lowest BCUT2D eigenvalue weighted by Gasteiger charge is -2.10. The largest absolute Gasteiger partial charge is 0.326 e. The predicted molar refractivity (Wildman–Crippen MR) is 119 cm³/mol. The van der Waals surface area contributed by atoms with Crippen LogP contribution in [0.5, 0.6) is 0 Å². The highest BCUT2D eigenvalue weighted by Gasteiger charge is 2.29. The third-order valence-electron chi connectivity index (χ3n) is 4.96. The minimum atomic E-state index is -0.140. The highest BCUT2D eigenvalue weighted by atomic mass is 32.1. The number of amides is 2. The maximum Gasteiger partial charge on any atom is 0.227 e. The molecule has 3 aromatic rings. The number of H-pyrrole nitrogens is 1. The number of hydrogen-bond acceptors (Lipinski definition) is 4. The SMILES string of the molecule is Cc1cccc(-c2n[nH]c(=S)n2CCC(=O)Nc2cccc(NC(=O)C3CC3)c2)c1. The maximum atomic E-state index is 12.5. The Hall–Kier alpha value is -3.26. The molecule has 7 nitrogen and oxygen atoms in total. The van der Waals surface area contributed by atoms with Gasteiger partial charge in [0, 0.05) is 35.8 Å². The van der Waals surface area contributed by atoms with Gasteiger partial charge in [0.25, 0.3) is 0 Å². The maximum absolute atomic E-state index is 12.5. The van der Waals surface area contributed by atoms with E-state index in [1.54, 1.807) is 18.2 Å². The van der Waals surface area contributed by atoms with E-state index in [1.807, 2.05) is 41.8 Å². The Morgan fingerprint density at radius 2 is 1.87 bits per heavy atom. The molecule has 1 saturated carbocycles. The zero-order chi connectivity index (χ0) is 21.1. The van der Waals surface area contributed by atoms with Crippen LogP contribution in [0.1, 0.15) is 24.8 Å². The van der Waals surface area contributed by atoms with Crippen LogP contribution in [0.25, 0.3) is 11.4 Å². The molecule has 1 fully saturated rings.